The molecule has 0 aliphatic carbocycles. The Balaban J connectivity index is 1.88. The van der Waals surface area contributed by atoms with Crippen molar-refractivity contribution in [3.8, 4) is 0 Å². The van der Waals surface area contributed by atoms with Gasteiger partial charge in [0.15, 0.2) is 0 Å². The van der Waals surface area contributed by atoms with Crippen molar-refractivity contribution in [1.82, 2.24) is 4.98 Å². The molecular formula is C16H10BrNO4. The van der Waals surface area contributed by atoms with E-state index in [9.17, 15) is 9.59 Å². The van der Waals surface area contributed by atoms with Crippen LogP contribution in [0, 0.1) is 0 Å². The minimum Gasteiger partial charge on any atom is -0.456 e. The van der Waals surface area contributed by atoms with Gasteiger partial charge >= 0.3 is 11.6 Å². The fraction of sp³-hybridized carbons (Fsp3) is 0.0625. The Bertz CT molecular complexity index is 890. The molecule has 22 heavy (non-hydrogen) atoms. The van der Waals surface area contributed by atoms with Gasteiger partial charge in [0.2, 0.25) is 0 Å². The van der Waals surface area contributed by atoms with Crippen molar-refractivity contribution >= 4 is 32.9 Å². The first-order chi connectivity index (χ1) is 10.6. The molecule has 0 aliphatic heterocycles. The van der Waals surface area contributed by atoms with Gasteiger partial charge in [-0.3, -0.25) is 0 Å². The number of rotatable bonds is 3. The number of halogens is 1. The van der Waals surface area contributed by atoms with E-state index in [-0.39, 0.29) is 12.3 Å². The summed E-state index contributed by atoms with van der Waals surface area (Å²) < 4.78 is 11.1. The summed E-state index contributed by atoms with van der Waals surface area (Å²) >= 11 is 3.32. The van der Waals surface area contributed by atoms with E-state index in [0.29, 0.717) is 11.1 Å². The summed E-state index contributed by atoms with van der Waals surface area (Å²) in [6, 6.07) is 11.6. The summed E-state index contributed by atoms with van der Waals surface area (Å²) in [4.78, 5) is 27.4. The van der Waals surface area contributed by atoms with Crippen molar-refractivity contribution < 1.29 is 13.9 Å². The van der Waals surface area contributed by atoms with Gasteiger partial charge in [0.1, 0.15) is 17.9 Å². The van der Waals surface area contributed by atoms with Crippen LogP contribution in [0.25, 0.3) is 11.0 Å². The van der Waals surface area contributed by atoms with E-state index in [1.54, 1.807) is 30.3 Å². The first-order valence-corrected chi connectivity index (χ1v) is 7.23. The maximum absolute atomic E-state index is 11.9. The Morgan fingerprint density at radius 1 is 1.23 bits per heavy atom. The zero-order chi connectivity index (χ0) is 15.5. The van der Waals surface area contributed by atoms with Crippen LogP contribution in [-0.2, 0) is 11.3 Å². The Morgan fingerprint density at radius 3 is 2.86 bits per heavy atom. The lowest BCUT2D eigenvalue weighted by Crippen LogP contribution is -2.09. The van der Waals surface area contributed by atoms with Crippen LogP contribution in [0.1, 0.15) is 16.1 Å². The topological polar surface area (TPSA) is 69.4 Å². The molecule has 0 N–H and O–H groups in total. The summed E-state index contributed by atoms with van der Waals surface area (Å²) in [5.74, 6) is -0.542. The van der Waals surface area contributed by atoms with Crippen LogP contribution in [0.4, 0.5) is 0 Å². The third-order valence-electron chi connectivity index (χ3n) is 3.03. The van der Waals surface area contributed by atoms with Crippen LogP contribution in [0.3, 0.4) is 0 Å². The number of nitrogens with zero attached hydrogens (tertiary/aromatic N) is 1. The summed E-state index contributed by atoms with van der Waals surface area (Å²) in [5.41, 5.74) is 0.751. The van der Waals surface area contributed by atoms with Crippen LogP contribution < -0.4 is 5.63 Å². The molecule has 2 aromatic heterocycles. The first kappa shape index (κ1) is 14.5. The fourth-order valence-electron chi connectivity index (χ4n) is 2.02. The van der Waals surface area contributed by atoms with E-state index in [2.05, 4.69) is 20.9 Å². The van der Waals surface area contributed by atoms with E-state index in [1.807, 2.05) is 6.07 Å². The molecule has 3 aromatic rings. The van der Waals surface area contributed by atoms with Gasteiger partial charge in [0.05, 0.1) is 0 Å². The first-order valence-electron chi connectivity index (χ1n) is 6.44. The molecule has 0 radical (unpaired) electrons. The quantitative estimate of drug-likeness (QED) is 0.530. The second kappa shape index (κ2) is 6.11. The van der Waals surface area contributed by atoms with Gasteiger partial charge < -0.3 is 9.15 Å². The average molecular weight is 360 g/mol. The number of carbonyl (C=O) groups excluding carboxylic acids is 1. The molecule has 0 spiro atoms. The second-order valence-corrected chi connectivity index (χ2v) is 5.44. The lowest BCUT2D eigenvalue weighted by atomic mass is 10.1. The number of aromatic nitrogens is 1. The monoisotopic (exact) mass is 359 g/mol. The molecule has 5 nitrogen and oxygen atoms in total. The minimum atomic E-state index is -0.542. The summed E-state index contributed by atoms with van der Waals surface area (Å²) in [6.45, 7) is -0.0286. The van der Waals surface area contributed by atoms with Crippen LogP contribution in [0.5, 0.6) is 0 Å². The van der Waals surface area contributed by atoms with Crippen molar-refractivity contribution in [1.29, 1.82) is 0 Å². The lowest BCUT2D eigenvalue weighted by Gasteiger charge is -2.07. The summed E-state index contributed by atoms with van der Waals surface area (Å²) in [6.07, 6.45) is 1.51. The van der Waals surface area contributed by atoms with Crippen LogP contribution >= 0.6 is 15.9 Å². The number of fused-ring (bicyclic) bond motifs is 1. The number of benzene rings is 1. The van der Waals surface area contributed by atoms with E-state index < -0.39 is 11.6 Å². The van der Waals surface area contributed by atoms with Gasteiger partial charge in [-0.05, 0) is 30.3 Å². The highest BCUT2D eigenvalue weighted by atomic mass is 79.9. The summed E-state index contributed by atoms with van der Waals surface area (Å²) in [5, 5.41) is 0.719. The average Bonchev–Trinajstić information content (AvgIpc) is 2.52. The number of hydrogen-bond donors (Lipinski definition) is 0. The van der Waals surface area contributed by atoms with Gasteiger partial charge in [-0.1, -0.05) is 22.0 Å². The Labute approximate surface area is 133 Å². The van der Waals surface area contributed by atoms with E-state index in [0.717, 1.165) is 9.86 Å². The Kier molecular flexibility index (Phi) is 4.02. The predicted molar refractivity (Wildman–Crippen MR) is 83.5 cm³/mol. The molecule has 0 fully saturated rings. The highest BCUT2D eigenvalue weighted by Crippen LogP contribution is 2.22. The highest BCUT2D eigenvalue weighted by molar-refractivity contribution is 9.10. The molecular weight excluding hydrogens is 350 g/mol. The molecule has 1 aromatic carbocycles. The third-order valence-corrected chi connectivity index (χ3v) is 3.52. The largest absolute Gasteiger partial charge is 0.456 e. The zero-order valence-corrected chi connectivity index (χ0v) is 12.9. The molecule has 0 bridgehead atoms. The van der Waals surface area contributed by atoms with Crippen molar-refractivity contribution in [3.63, 3.8) is 0 Å². The molecule has 0 amide bonds. The zero-order valence-electron chi connectivity index (χ0n) is 11.3. The summed E-state index contributed by atoms with van der Waals surface area (Å²) in [7, 11) is 0. The second-order valence-electron chi connectivity index (χ2n) is 4.52. The van der Waals surface area contributed by atoms with E-state index in [1.165, 1.54) is 12.3 Å². The molecule has 0 atom stereocenters. The maximum atomic E-state index is 11.9. The maximum Gasteiger partial charge on any atom is 0.357 e. The van der Waals surface area contributed by atoms with Crippen molar-refractivity contribution in [2.45, 2.75) is 6.61 Å². The number of esters is 1. The molecule has 110 valence electrons. The number of ether oxygens (including phenoxy) is 1. The van der Waals surface area contributed by atoms with Crippen LogP contribution in [-0.4, -0.2) is 11.0 Å². The predicted octanol–water partition coefficient (Wildman–Crippen LogP) is 3.31. The third kappa shape index (κ3) is 3.07. The van der Waals surface area contributed by atoms with Gasteiger partial charge in [-0.25, -0.2) is 14.6 Å². The number of hydrogen-bond acceptors (Lipinski definition) is 5. The van der Waals surface area contributed by atoms with E-state index in [4.69, 9.17) is 9.15 Å². The van der Waals surface area contributed by atoms with Crippen LogP contribution in [0.2, 0.25) is 0 Å². The minimum absolute atomic E-state index is 0.0286. The molecule has 3 rings (SSSR count). The SMILES string of the molecule is O=C(OCc1cc(=O)oc2cc(Br)ccc12)c1ccccn1. The van der Waals surface area contributed by atoms with Gasteiger partial charge in [-0.2, -0.15) is 0 Å². The fourth-order valence-corrected chi connectivity index (χ4v) is 2.36. The smallest absolute Gasteiger partial charge is 0.357 e. The van der Waals surface area contributed by atoms with Gasteiger partial charge in [0, 0.05) is 27.7 Å². The van der Waals surface area contributed by atoms with E-state index >= 15 is 0 Å². The van der Waals surface area contributed by atoms with Gasteiger partial charge in [-0.15, -0.1) is 0 Å². The molecule has 0 saturated heterocycles. The molecule has 0 unspecified atom stereocenters. The van der Waals surface area contributed by atoms with Crippen LogP contribution in [0.15, 0.2) is 62.3 Å². The Hall–Kier alpha value is -2.47. The normalized spacial score (nSPS) is 10.6. The lowest BCUT2D eigenvalue weighted by molar-refractivity contribution is 0.0467. The van der Waals surface area contributed by atoms with Crippen molar-refractivity contribution in [2.24, 2.45) is 0 Å². The Morgan fingerprint density at radius 2 is 2.09 bits per heavy atom. The molecule has 6 heteroatoms. The highest BCUT2D eigenvalue weighted by Gasteiger charge is 2.11. The van der Waals surface area contributed by atoms with Crippen molar-refractivity contribution in [2.75, 3.05) is 0 Å². The number of carbonyl (C=O) groups is 1. The molecule has 2 heterocycles. The number of pyridine rings is 1. The van der Waals surface area contributed by atoms with Gasteiger partial charge in [0.25, 0.3) is 0 Å². The molecule has 0 saturated carbocycles. The molecule has 0 aliphatic rings. The van der Waals surface area contributed by atoms with Crippen molar-refractivity contribution in [3.05, 3.63) is 74.8 Å². The standard InChI is InChI=1S/C16H10BrNO4/c17-11-4-5-12-10(7-15(19)22-14(12)8-11)9-21-16(20)13-3-1-2-6-18-13/h1-8H,9H2.